The first-order valence-electron chi connectivity index (χ1n) is 9.03. The Labute approximate surface area is 137 Å². The molecule has 23 heavy (non-hydrogen) atoms. The zero-order valence-electron chi connectivity index (χ0n) is 14.3. The van der Waals surface area contributed by atoms with Gasteiger partial charge < -0.3 is 9.47 Å². The van der Waals surface area contributed by atoms with Crippen molar-refractivity contribution in [3.63, 3.8) is 0 Å². The van der Waals surface area contributed by atoms with Gasteiger partial charge in [0.05, 0.1) is 0 Å². The van der Waals surface area contributed by atoms with Gasteiger partial charge in [0.1, 0.15) is 12.2 Å². The molecular weight excluding hydrogens is 292 g/mol. The first kappa shape index (κ1) is 15.2. The van der Waals surface area contributed by atoms with Gasteiger partial charge in [0.15, 0.2) is 0 Å². The lowest BCUT2D eigenvalue weighted by atomic mass is 9.55. The molecule has 0 N–H and O–H groups in total. The highest BCUT2D eigenvalue weighted by Crippen LogP contribution is 2.61. The van der Waals surface area contributed by atoms with E-state index in [-0.39, 0.29) is 29.6 Å². The topological polar surface area (TPSA) is 52.6 Å². The predicted molar refractivity (Wildman–Crippen MR) is 84.4 cm³/mol. The molecule has 2 fully saturated rings. The van der Waals surface area contributed by atoms with E-state index < -0.39 is 0 Å². The van der Waals surface area contributed by atoms with Gasteiger partial charge in [-0.15, -0.1) is 0 Å². The summed E-state index contributed by atoms with van der Waals surface area (Å²) in [6.45, 7) is 5.81. The lowest BCUT2D eigenvalue weighted by Gasteiger charge is -2.49. The van der Waals surface area contributed by atoms with Crippen molar-refractivity contribution in [1.82, 2.24) is 0 Å². The first-order chi connectivity index (χ1) is 10.9. The van der Waals surface area contributed by atoms with Gasteiger partial charge >= 0.3 is 11.9 Å². The number of carbonyl (C=O) groups is 2. The summed E-state index contributed by atoms with van der Waals surface area (Å²) >= 11 is 0. The van der Waals surface area contributed by atoms with Gasteiger partial charge in [-0.05, 0) is 68.8 Å². The maximum atomic E-state index is 12.3. The van der Waals surface area contributed by atoms with Crippen molar-refractivity contribution in [1.29, 1.82) is 0 Å². The van der Waals surface area contributed by atoms with Gasteiger partial charge in [0.2, 0.25) is 0 Å². The highest BCUT2D eigenvalue weighted by Gasteiger charge is 2.58. The Morgan fingerprint density at radius 3 is 2.78 bits per heavy atom. The Morgan fingerprint density at radius 1 is 1.26 bits per heavy atom. The minimum atomic E-state index is -0.166. The Hall–Kier alpha value is -1.32. The molecule has 0 radical (unpaired) electrons. The number of rotatable bonds is 1. The fraction of sp³-hybridized carbons (Fsp3) is 0.789. The van der Waals surface area contributed by atoms with E-state index >= 15 is 0 Å². The van der Waals surface area contributed by atoms with Gasteiger partial charge in [-0.25, -0.2) is 4.79 Å². The highest BCUT2D eigenvalue weighted by molar-refractivity contribution is 5.93. The Balaban J connectivity index is 1.63. The van der Waals surface area contributed by atoms with E-state index in [2.05, 4.69) is 6.92 Å². The van der Waals surface area contributed by atoms with Crippen molar-refractivity contribution < 1.29 is 19.1 Å². The van der Waals surface area contributed by atoms with Crippen LogP contribution < -0.4 is 0 Å². The second kappa shape index (κ2) is 5.09. The van der Waals surface area contributed by atoms with Gasteiger partial charge in [0.25, 0.3) is 0 Å². The van der Waals surface area contributed by atoms with Crippen molar-refractivity contribution in [3.05, 3.63) is 11.1 Å². The normalized spacial score (nSPS) is 45.2. The van der Waals surface area contributed by atoms with Crippen LogP contribution >= 0.6 is 0 Å². The maximum absolute atomic E-state index is 12.3. The van der Waals surface area contributed by atoms with Crippen LogP contribution in [0.15, 0.2) is 11.1 Å². The van der Waals surface area contributed by atoms with E-state index in [9.17, 15) is 9.59 Å². The summed E-state index contributed by atoms with van der Waals surface area (Å²) in [5.74, 6) is 1.24. The SMILES string of the molecule is CC(=O)OC1CCC2C3CCC4=C(C(=O)OC4C)C3CCC12C. The first-order valence-corrected chi connectivity index (χ1v) is 9.03. The minimum absolute atomic E-state index is 0.0240. The summed E-state index contributed by atoms with van der Waals surface area (Å²) in [7, 11) is 0. The largest absolute Gasteiger partial charge is 0.462 e. The van der Waals surface area contributed by atoms with Crippen molar-refractivity contribution in [3.8, 4) is 0 Å². The average molecular weight is 318 g/mol. The predicted octanol–water partition coefficient (Wildman–Crippen LogP) is 3.40. The van der Waals surface area contributed by atoms with E-state index in [0.717, 1.165) is 44.1 Å². The number of ether oxygens (including phenoxy) is 2. The van der Waals surface area contributed by atoms with E-state index in [4.69, 9.17) is 9.47 Å². The van der Waals surface area contributed by atoms with Gasteiger partial charge in [-0.2, -0.15) is 0 Å². The third kappa shape index (κ3) is 2.10. The van der Waals surface area contributed by atoms with Crippen LogP contribution in [0.1, 0.15) is 59.3 Å². The molecule has 6 unspecified atom stereocenters. The molecule has 3 aliphatic carbocycles. The molecule has 0 aromatic carbocycles. The second-order valence-electron chi connectivity index (χ2n) is 8.12. The van der Waals surface area contributed by atoms with Crippen molar-refractivity contribution in [2.75, 3.05) is 0 Å². The molecule has 4 heteroatoms. The van der Waals surface area contributed by atoms with E-state index in [1.165, 1.54) is 12.5 Å². The quantitative estimate of drug-likeness (QED) is 0.695. The van der Waals surface area contributed by atoms with Crippen LogP contribution in [0.4, 0.5) is 0 Å². The minimum Gasteiger partial charge on any atom is -0.462 e. The molecule has 0 spiro atoms. The molecule has 4 rings (SSSR count). The zero-order chi connectivity index (χ0) is 16.4. The zero-order valence-corrected chi connectivity index (χ0v) is 14.3. The van der Waals surface area contributed by atoms with E-state index in [0.29, 0.717) is 17.8 Å². The van der Waals surface area contributed by atoms with Crippen LogP contribution in [-0.2, 0) is 19.1 Å². The summed E-state index contributed by atoms with van der Waals surface area (Å²) in [5, 5.41) is 0. The van der Waals surface area contributed by atoms with Crippen molar-refractivity contribution in [2.45, 2.75) is 71.5 Å². The number of cyclic esters (lactones) is 1. The number of fused-ring (bicyclic) bond motifs is 4. The number of esters is 2. The maximum Gasteiger partial charge on any atom is 0.334 e. The van der Waals surface area contributed by atoms with Crippen LogP contribution in [0, 0.1) is 23.2 Å². The Kier molecular flexibility index (Phi) is 3.37. The molecule has 6 atom stereocenters. The molecule has 2 saturated carbocycles. The van der Waals surface area contributed by atoms with Crippen molar-refractivity contribution >= 4 is 11.9 Å². The van der Waals surface area contributed by atoms with Crippen LogP contribution in [0.3, 0.4) is 0 Å². The molecule has 0 aromatic rings. The second-order valence-corrected chi connectivity index (χ2v) is 8.12. The van der Waals surface area contributed by atoms with Crippen molar-refractivity contribution in [2.24, 2.45) is 23.2 Å². The fourth-order valence-electron chi connectivity index (χ4n) is 6.09. The van der Waals surface area contributed by atoms with Crippen LogP contribution in [0.25, 0.3) is 0 Å². The summed E-state index contributed by atoms with van der Waals surface area (Å²) < 4.78 is 11.1. The summed E-state index contributed by atoms with van der Waals surface area (Å²) in [6, 6.07) is 0. The monoisotopic (exact) mass is 318 g/mol. The third-order valence-electron chi connectivity index (χ3n) is 7.12. The fourth-order valence-corrected chi connectivity index (χ4v) is 6.09. The van der Waals surface area contributed by atoms with E-state index in [1.54, 1.807) is 0 Å². The Bertz CT molecular complexity index is 592. The molecule has 0 aromatic heterocycles. The molecule has 126 valence electrons. The molecule has 0 saturated heterocycles. The molecule has 0 amide bonds. The standard InChI is InChI=1S/C19H26O4/c1-10-12-4-5-13-14(17(12)18(21)22-10)8-9-19(3)15(13)6-7-16(19)23-11(2)20/h10,13-16H,4-9H2,1-3H3. The van der Waals surface area contributed by atoms with Crippen LogP contribution in [0.5, 0.6) is 0 Å². The third-order valence-corrected chi connectivity index (χ3v) is 7.12. The van der Waals surface area contributed by atoms with Gasteiger partial charge in [-0.3, -0.25) is 4.79 Å². The summed E-state index contributed by atoms with van der Waals surface area (Å²) in [6.07, 6.45) is 6.32. The molecule has 1 heterocycles. The lowest BCUT2D eigenvalue weighted by Crippen LogP contribution is -2.46. The number of carbonyl (C=O) groups excluding carboxylic acids is 2. The highest BCUT2D eigenvalue weighted by atomic mass is 16.5. The lowest BCUT2D eigenvalue weighted by molar-refractivity contribution is -0.155. The number of hydrogen-bond donors (Lipinski definition) is 0. The number of hydrogen-bond acceptors (Lipinski definition) is 4. The molecule has 4 aliphatic rings. The molecule has 0 bridgehead atoms. The van der Waals surface area contributed by atoms with Crippen LogP contribution in [-0.4, -0.2) is 24.1 Å². The smallest absolute Gasteiger partial charge is 0.334 e. The average Bonchev–Trinajstić information content (AvgIpc) is 2.96. The van der Waals surface area contributed by atoms with Crippen LogP contribution in [0.2, 0.25) is 0 Å². The molecule has 4 nitrogen and oxygen atoms in total. The van der Waals surface area contributed by atoms with E-state index in [1.807, 2.05) is 6.92 Å². The summed E-state index contributed by atoms with van der Waals surface area (Å²) in [4.78, 5) is 23.7. The molecule has 1 aliphatic heterocycles. The van der Waals surface area contributed by atoms with Gasteiger partial charge in [-0.1, -0.05) is 6.92 Å². The summed E-state index contributed by atoms with van der Waals surface area (Å²) in [5.41, 5.74) is 2.35. The van der Waals surface area contributed by atoms with Gasteiger partial charge in [0, 0.05) is 17.9 Å². The Morgan fingerprint density at radius 2 is 2.04 bits per heavy atom. The molecular formula is C19H26O4.